The molecular formula is C29H28BrN5O2S. The van der Waals surface area contributed by atoms with E-state index in [0.717, 1.165) is 38.5 Å². The maximum absolute atomic E-state index is 11.9. The number of carbonyl (C=O) groups excluding carboxylic acids is 1. The van der Waals surface area contributed by atoms with Gasteiger partial charge in [-0.2, -0.15) is 0 Å². The number of hydrogen-bond acceptors (Lipinski definition) is 4. The topological polar surface area (TPSA) is 71.4 Å². The summed E-state index contributed by atoms with van der Waals surface area (Å²) >= 11 is 9.53. The third-order valence-corrected chi connectivity index (χ3v) is 7.53. The molecule has 3 heterocycles. The van der Waals surface area contributed by atoms with Gasteiger partial charge in [-0.25, -0.2) is 0 Å². The Balaban J connectivity index is 1.68. The van der Waals surface area contributed by atoms with Crippen LogP contribution in [0.4, 0.5) is 11.4 Å². The Morgan fingerprint density at radius 3 is 2.58 bits per heavy atom. The van der Waals surface area contributed by atoms with Crippen molar-refractivity contribution in [2.24, 2.45) is 0 Å². The zero-order chi connectivity index (χ0) is 27.0. The minimum absolute atomic E-state index is 0.178. The summed E-state index contributed by atoms with van der Waals surface area (Å²) in [7, 11) is 1.58. The molecule has 9 heteroatoms. The van der Waals surface area contributed by atoms with E-state index >= 15 is 0 Å². The van der Waals surface area contributed by atoms with Crippen LogP contribution in [-0.4, -0.2) is 27.7 Å². The number of methoxy groups -OCH3 is 1. The second-order valence-corrected chi connectivity index (χ2v) is 10.5. The highest BCUT2D eigenvalue weighted by molar-refractivity contribution is 9.10. The van der Waals surface area contributed by atoms with Crippen LogP contribution in [0.15, 0.2) is 77.4 Å². The largest absolute Gasteiger partial charge is 0.495 e. The van der Waals surface area contributed by atoms with Gasteiger partial charge in [0.1, 0.15) is 5.75 Å². The monoisotopic (exact) mass is 589 g/mol. The molecule has 0 spiro atoms. The Morgan fingerprint density at radius 2 is 1.89 bits per heavy atom. The second kappa shape index (κ2) is 10.6. The van der Waals surface area contributed by atoms with Crippen molar-refractivity contribution in [1.29, 1.82) is 0 Å². The first kappa shape index (κ1) is 25.9. The summed E-state index contributed by atoms with van der Waals surface area (Å²) in [5.74, 6) is 0.399. The van der Waals surface area contributed by atoms with Crippen LogP contribution in [0.25, 0.3) is 5.69 Å². The van der Waals surface area contributed by atoms with Gasteiger partial charge in [0.2, 0.25) is 5.91 Å². The molecule has 2 N–H and O–H groups in total. The van der Waals surface area contributed by atoms with E-state index in [0.29, 0.717) is 16.5 Å². The standard InChI is InChI=1S/C29H28BrN5O2S/c1-17-14-23(18(2)34(17)21-9-7-8-20(30)15-21)28-27(24-10-5-6-13-31-24)33-29(38)35(28)22-11-12-26(37-4)25(16-22)32-19(3)36/h5-16,27-28H,1-4H3,(H,32,36)(H,33,38)/t27-,28+/m1/s1. The zero-order valence-electron chi connectivity index (χ0n) is 21.5. The second-order valence-electron chi connectivity index (χ2n) is 9.20. The highest BCUT2D eigenvalue weighted by Crippen LogP contribution is 2.45. The van der Waals surface area contributed by atoms with E-state index in [1.165, 1.54) is 6.92 Å². The molecule has 2 aromatic carbocycles. The van der Waals surface area contributed by atoms with Gasteiger partial charge in [-0.1, -0.05) is 28.1 Å². The maximum Gasteiger partial charge on any atom is 0.221 e. The fourth-order valence-electron chi connectivity index (χ4n) is 5.18. The van der Waals surface area contributed by atoms with E-state index in [1.54, 1.807) is 13.3 Å². The molecule has 1 amide bonds. The van der Waals surface area contributed by atoms with Crippen molar-refractivity contribution in [3.63, 3.8) is 0 Å². The first-order valence-corrected chi connectivity index (χ1v) is 13.4. The number of amides is 1. The lowest BCUT2D eigenvalue weighted by atomic mass is 9.96. The summed E-state index contributed by atoms with van der Waals surface area (Å²) in [5, 5.41) is 6.98. The number of nitrogens with one attached hydrogen (secondary N) is 2. The van der Waals surface area contributed by atoms with Gasteiger partial charge in [0, 0.05) is 40.4 Å². The molecule has 5 rings (SSSR count). The number of aryl methyl sites for hydroxylation is 1. The minimum Gasteiger partial charge on any atom is -0.495 e. The number of aromatic nitrogens is 2. The number of pyridine rings is 1. The van der Waals surface area contributed by atoms with Gasteiger partial charge < -0.3 is 24.8 Å². The third-order valence-electron chi connectivity index (χ3n) is 6.73. The first-order valence-electron chi connectivity index (χ1n) is 12.2. The van der Waals surface area contributed by atoms with Crippen LogP contribution >= 0.6 is 28.1 Å². The molecule has 0 unspecified atom stereocenters. The number of anilines is 2. The number of halogens is 1. The highest BCUT2D eigenvalue weighted by atomic mass is 79.9. The van der Waals surface area contributed by atoms with Gasteiger partial charge in [-0.3, -0.25) is 9.78 Å². The van der Waals surface area contributed by atoms with Crippen LogP contribution < -0.4 is 20.3 Å². The van der Waals surface area contributed by atoms with Gasteiger partial charge in [-0.15, -0.1) is 0 Å². The molecule has 2 aromatic heterocycles. The van der Waals surface area contributed by atoms with Gasteiger partial charge in [0.15, 0.2) is 5.11 Å². The molecule has 0 aliphatic carbocycles. The lowest BCUT2D eigenvalue weighted by molar-refractivity contribution is -0.114. The summed E-state index contributed by atoms with van der Waals surface area (Å²) in [6, 6.07) is 21.7. The van der Waals surface area contributed by atoms with E-state index in [-0.39, 0.29) is 18.0 Å². The Bertz CT molecular complexity index is 1520. The molecular weight excluding hydrogens is 562 g/mol. The normalized spacial score (nSPS) is 16.9. The smallest absolute Gasteiger partial charge is 0.221 e. The number of ether oxygens (including phenoxy) is 1. The number of rotatable bonds is 6. The molecule has 194 valence electrons. The molecule has 2 atom stereocenters. The summed E-state index contributed by atoms with van der Waals surface area (Å²) in [5.41, 5.74) is 6.74. The number of thiocarbonyl (C=S) groups is 1. The highest BCUT2D eigenvalue weighted by Gasteiger charge is 2.42. The lowest BCUT2D eigenvalue weighted by Gasteiger charge is -2.29. The Hall–Kier alpha value is -3.69. The van der Waals surface area contributed by atoms with E-state index < -0.39 is 0 Å². The summed E-state index contributed by atoms with van der Waals surface area (Å²) < 4.78 is 8.76. The van der Waals surface area contributed by atoms with Gasteiger partial charge in [-0.05, 0) is 86.2 Å². The van der Waals surface area contributed by atoms with Crippen molar-refractivity contribution in [3.8, 4) is 11.4 Å². The van der Waals surface area contributed by atoms with Crippen molar-refractivity contribution >= 4 is 50.5 Å². The number of carbonyl (C=O) groups is 1. The van der Waals surface area contributed by atoms with Crippen LogP contribution in [0.2, 0.25) is 0 Å². The summed E-state index contributed by atoms with van der Waals surface area (Å²) in [6.07, 6.45) is 1.80. The van der Waals surface area contributed by atoms with Gasteiger partial charge >= 0.3 is 0 Å². The predicted octanol–water partition coefficient (Wildman–Crippen LogP) is 6.40. The van der Waals surface area contributed by atoms with Crippen LogP contribution in [0.3, 0.4) is 0 Å². The lowest BCUT2D eigenvalue weighted by Crippen LogP contribution is -2.29. The van der Waals surface area contributed by atoms with E-state index in [4.69, 9.17) is 17.0 Å². The Morgan fingerprint density at radius 1 is 1.08 bits per heavy atom. The van der Waals surface area contributed by atoms with Crippen molar-refractivity contribution in [1.82, 2.24) is 14.9 Å². The number of nitrogens with zero attached hydrogens (tertiary/aromatic N) is 3. The average Bonchev–Trinajstić information content (AvgIpc) is 3.39. The van der Waals surface area contributed by atoms with E-state index in [1.807, 2.05) is 48.5 Å². The van der Waals surface area contributed by atoms with Crippen LogP contribution in [0, 0.1) is 13.8 Å². The molecule has 1 aliphatic heterocycles. The quantitative estimate of drug-likeness (QED) is 0.254. The molecule has 1 aliphatic rings. The zero-order valence-corrected chi connectivity index (χ0v) is 23.9. The summed E-state index contributed by atoms with van der Waals surface area (Å²) in [6.45, 7) is 5.72. The van der Waals surface area contributed by atoms with Crippen molar-refractivity contribution < 1.29 is 9.53 Å². The Kier molecular flexibility index (Phi) is 7.23. The Labute approximate surface area is 236 Å². The number of hydrogen-bond donors (Lipinski definition) is 2. The fourth-order valence-corrected chi connectivity index (χ4v) is 5.91. The van der Waals surface area contributed by atoms with Crippen LogP contribution in [-0.2, 0) is 4.79 Å². The fraction of sp³-hybridized carbons (Fsp3) is 0.207. The SMILES string of the molecule is COc1ccc(N2C(=S)N[C@H](c3ccccn3)[C@@H]2c2cc(C)n(-c3cccc(Br)c3)c2C)cc1NC(C)=O. The van der Waals surface area contributed by atoms with E-state index in [2.05, 4.69) is 73.1 Å². The van der Waals surface area contributed by atoms with Crippen molar-refractivity contribution in [2.45, 2.75) is 32.9 Å². The molecule has 4 aromatic rings. The molecule has 0 bridgehead atoms. The third kappa shape index (κ3) is 4.79. The minimum atomic E-state index is -0.192. The maximum atomic E-state index is 11.9. The van der Waals surface area contributed by atoms with Crippen LogP contribution in [0.5, 0.6) is 5.75 Å². The molecule has 7 nitrogen and oxygen atoms in total. The first-order chi connectivity index (χ1) is 18.3. The van der Waals surface area contributed by atoms with Crippen LogP contribution in [0.1, 0.15) is 41.7 Å². The van der Waals surface area contributed by atoms with Crippen molar-refractivity contribution in [3.05, 3.63) is 100 Å². The van der Waals surface area contributed by atoms with Crippen molar-refractivity contribution in [2.75, 3.05) is 17.3 Å². The molecule has 1 fully saturated rings. The summed E-state index contributed by atoms with van der Waals surface area (Å²) in [4.78, 5) is 18.7. The number of benzene rings is 2. The van der Waals surface area contributed by atoms with E-state index in [9.17, 15) is 4.79 Å². The molecule has 0 saturated carbocycles. The van der Waals surface area contributed by atoms with Gasteiger partial charge in [0.25, 0.3) is 0 Å². The molecule has 38 heavy (non-hydrogen) atoms. The average molecular weight is 591 g/mol. The predicted molar refractivity (Wildman–Crippen MR) is 158 cm³/mol. The molecule has 1 saturated heterocycles. The molecule has 0 radical (unpaired) electrons. The van der Waals surface area contributed by atoms with Gasteiger partial charge in [0.05, 0.1) is 30.6 Å².